The van der Waals surface area contributed by atoms with Crippen LogP contribution in [0, 0.1) is 0 Å². The van der Waals surface area contributed by atoms with E-state index in [1.807, 2.05) is 18.2 Å². The van der Waals surface area contributed by atoms with Gasteiger partial charge in [0.15, 0.2) is 0 Å². The number of nitrogens with zero attached hydrogens (tertiary/aromatic N) is 4. The molecule has 0 spiro atoms. The van der Waals surface area contributed by atoms with Gasteiger partial charge in [0.2, 0.25) is 11.7 Å². The second-order valence-electron chi connectivity index (χ2n) is 6.77. The van der Waals surface area contributed by atoms with Crippen molar-refractivity contribution in [1.82, 2.24) is 20.0 Å². The van der Waals surface area contributed by atoms with Crippen molar-refractivity contribution in [2.24, 2.45) is 0 Å². The maximum atomic E-state index is 5.57. The van der Waals surface area contributed by atoms with Crippen molar-refractivity contribution in [1.29, 1.82) is 0 Å². The van der Waals surface area contributed by atoms with Crippen LogP contribution in [0.1, 0.15) is 38.5 Å². The van der Waals surface area contributed by atoms with E-state index >= 15 is 0 Å². The molecule has 1 aliphatic heterocycles. The Morgan fingerprint density at radius 2 is 2.00 bits per heavy atom. The molecular weight excluding hydrogens is 300 g/mol. The zero-order valence-electron chi connectivity index (χ0n) is 14.1. The normalized spacial score (nSPS) is 17.0. The van der Waals surface area contributed by atoms with Crippen LogP contribution in [0.3, 0.4) is 0 Å². The number of hydrogen-bond acceptors (Lipinski definition) is 5. The molecule has 0 saturated carbocycles. The Hall–Kier alpha value is -2.27. The van der Waals surface area contributed by atoms with Crippen molar-refractivity contribution in [3.63, 3.8) is 0 Å². The lowest BCUT2D eigenvalue weighted by Gasteiger charge is -2.33. The van der Waals surface area contributed by atoms with Gasteiger partial charge in [-0.3, -0.25) is 4.98 Å². The van der Waals surface area contributed by atoms with Crippen LogP contribution >= 0.6 is 0 Å². The lowest BCUT2D eigenvalue weighted by molar-refractivity contribution is 0.160. The highest BCUT2D eigenvalue weighted by atomic mass is 16.5. The average molecular weight is 322 g/mol. The van der Waals surface area contributed by atoms with Gasteiger partial charge in [0.25, 0.3) is 0 Å². The Morgan fingerprint density at radius 3 is 2.79 bits per heavy atom. The summed E-state index contributed by atoms with van der Waals surface area (Å²) in [5.41, 5.74) is 1.95. The summed E-state index contributed by atoms with van der Waals surface area (Å²) in [6.45, 7) is 6.70. The van der Waals surface area contributed by atoms with E-state index in [1.54, 1.807) is 6.20 Å². The van der Waals surface area contributed by atoms with Gasteiger partial charge in [-0.05, 0) is 64.0 Å². The molecule has 1 fully saturated rings. The number of fused-ring (bicyclic) bond motifs is 1. The van der Waals surface area contributed by atoms with Crippen molar-refractivity contribution < 1.29 is 4.52 Å². The topological polar surface area (TPSA) is 55.1 Å². The fraction of sp³-hybridized carbons (Fsp3) is 0.421. The molecule has 1 aliphatic rings. The Kier molecular flexibility index (Phi) is 4.02. The molecule has 5 nitrogen and oxygen atoms in total. The first kappa shape index (κ1) is 15.3. The summed E-state index contributed by atoms with van der Waals surface area (Å²) < 4.78 is 5.57. The van der Waals surface area contributed by atoms with Gasteiger partial charge in [-0.1, -0.05) is 11.2 Å². The molecule has 0 bridgehead atoms. The van der Waals surface area contributed by atoms with Gasteiger partial charge >= 0.3 is 0 Å². The molecule has 5 heteroatoms. The zero-order chi connectivity index (χ0) is 16.5. The van der Waals surface area contributed by atoms with Gasteiger partial charge in [0.05, 0.1) is 5.52 Å². The zero-order valence-corrected chi connectivity index (χ0v) is 14.1. The maximum Gasteiger partial charge on any atom is 0.230 e. The number of pyridine rings is 1. The third kappa shape index (κ3) is 2.91. The van der Waals surface area contributed by atoms with Gasteiger partial charge in [-0.15, -0.1) is 0 Å². The molecule has 0 unspecified atom stereocenters. The number of piperidine rings is 1. The largest absolute Gasteiger partial charge is 0.339 e. The van der Waals surface area contributed by atoms with Crippen molar-refractivity contribution in [3.05, 3.63) is 42.4 Å². The molecule has 124 valence electrons. The predicted octanol–water partition coefficient (Wildman–Crippen LogP) is 3.87. The molecule has 0 amide bonds. The van der Waals surface area contributed by atoms with Crippen LogP contribution in [0.15, 0.2) is 41.1 Å². The van der Waals surface area contributed by atoms with Crippen LogP contribution in [-0.2, 0) is 0 Å². The predicted molar refractivity (Wildman–Crippen MR) is 93.7 cm³/mol. The first-order valence-electron chi connectivity index (χ1n) is 8.63. The SMILES string of the molecule is CC(C)N1CCC(c2nc(-c3ccc4ncccc4c3)no2)CC1. The summed E-state index contributed by atoms with van der Waals surface area (Å²) in [6, 6.07) is 10.7. The van der Waals surface area contributed by atoms with Gasteiger partial charge in [-0.2, -0.15) is 4.98 Å². The summed E-state index contributed by atoms with van der Waals surface area (Å²) in [7, 11) is 0. The van der Waals surface area contributed by atoms with Crippen LogP contribution in [0.25, 0.3) is 22.3 Å². The molecule has 1 saturated heterocycles. The second-order valence-corrected chi connectivity index (χ2v) is 6.77. The third-order valence-electron chi connectivity index (χ3n) is 4.91. The molecule has 24 heavy (non-hydrogen) atoms. The van der Waals surface area contributed by atoms with Crippen molar-refractivity contribution in [2.75, 3.05) is 13.1 Å². The Balaban J connectivity index is 1.54. The van der Waals surface area contributed by atoms with E-state index in [0.717, 1.165) is 48.3 Å². The van der Waals surface area contributed by atoms with Gasteiger partial charge in [0, 0.05) is 29.1 Å². The molecule has 3 heterocycles. The van der Waals surface area contributed by atoms with Gasteiger partial charge < -0.3 is 9.42 Å². The smallest absolute Gasteiger partial charge is 0.230 e. The molecular formula is C19H22N4O. The van der Waals surface area contributed by atoms with Crippen molar-refractivity contribution >= 4 is 10.9 Å². The lowest BCUT2D eigenvalue weighted by atomic mass is 9.96. The summed E-state index contributed by atoms with van der Waals surface area (Å²) in [5, 5.41) is 5.29. The summed E-state index contributed by atoms with van der Waals surface area (Å²) >= 11 is 0. The minimum Gasteiger partial charge on any atom is -0.339 e. The minimum absolute atomic E-state index is 0.378. The molecule has 0 atom stereocenters. The molecule has 0 aliphatic carbocycles. The molecule has 2 aromatic heterocycles. The van der Waals surface area contributed by atoms with E-state index in [1.165, 1.54) is 0 Å². The maximum absolute atomic E-state index is 5.57. The van der Waals surface area contributed by atoms with Crippen molar-refractivity contribution in [2.45, 2.75) is 38.6 Å². The first-order valence-corrected chi connectivity index (χ1v) is 8.63. The number of hydrogen-bond donors (Lipinski definition) is 0. The summed E-state index contributed by atoms with van der Waals surface area (Å²) in [6.07, 6.45) is 3.97. The Bertz CT molecular complexity index is 834. The number of aromatic nitrogens is 3. The van der Waals surface area contributed by atoms with Gasteiger partial charge in [-0.25, -0.2) is 0 Å². The van der Waals surface area contributed by atoms with E-state index in [2.05, 4.69) is 46.0 Å². The molecule has 1 aromatic carbocycles. The van der Waals surface area contributed by atoms with E-state index in [9.17, 15) is 0 Å². The van der Waals surface area contributed by atoms with E-state index < -0.39 is 0 Å². The molecule has 3 aromatic rings. The highest BCUT2D eigenvalue weighted by Crippen LogP contribution is 2.29. The van der Waals surface area contributed by atoms with Crippen molar-refractivity contribution in [3.8, 4) is 11.4 Å². The van der Waals surface area contributed by atoms with E-state index in [-0.39, 0.29) is 0 Å². The van der Waals surface area contributed by atoms with Gasteiger partial charge in [0.1, 0.15) is 0 Å². The first-order chi connectivity index (χ1) is 11.7. The number of likely N-dealkylation sites (tertiary alicyclic amines) is 1. The van der Waals surface area contributed by atoms with Crippen LogP contribution in [0.2, 0.25) is 0 Å². The average Bonchev–Trinajstić information content (AvgIpc) is 3.11. The fourth-order valence-corrected chi connectivity index (χ4v) is 3.40. The molecule has 0 N–H and O–H groups in total. The standard InChI is InChI=1S/C19H22N4O/c1-13(2)23-10-7-14(8-11-23)19-21-18(22-24-19)16-5-6-17-15(12-16)4-3-9-20-17/h3-6,9,12-14H,7-8,10-11H2,1-2H3. The van der Waals surface area contributed by atoms with Crippen LogP contribution < -0.4 is 0 Å². The summed E-state index contributed by atoms with van der Waals surface area (Å²) in [5.74, 6) is 1.82. The molecule has 0 radical (unpaired) electrons. The van der Waals surface area contributed by atoms with Crippen LogP contribution in [0.5, 0.6) is 0 Å². The number of rotatable bonds is 3. The third-order valence-corrected chi connectivity index (χ3v) is 4.91. The Morgan fingerprint density at radius 1 is 1.17 bits per heavy atom. The highest BCUT2D eigenvalue weighted by Gasteiger charge is 2.26. The van der Waals surface area contributed by atoms with E-state index in [0.29, 0.717) is 17.8 Å². The van der Waals surface area contributed by atoms with E-state index in [4.69, 9.17) is 4.52 Å². The summed E-state index contributed by atoms with van der Waals surface area (Å²) in [4.78, 5) is 11.5. The fourth-order valence-electron chi connectivity index (χ4n) is 3.40. The number of benzene rings is 1. The lowest BCUT2D eigenvalue weighted by Crippen LogP contribution is -2.37. The van der Waals surface area contributed by atoms with Crippen LogP contribution in [0.4, 0.5) is 0 Å². The quantitative estimate of drug-likeness (QED) is 0.732. The highest BCUT2D eigenvalue weighted by molar-refractivity contribution is 5.82. The Labute approximate surface area is 141 Å². The second kappa shape index (κ2) is 6.32. The molecule has 4 rings (SSSR count). The monoisotopic (exact) mass is 322 g/mol. The van der Waals surface area contributed by atoms with Crippen LogP contribution in [-0.4, -0.2) is 39.2 Å². The minimum atomic E-state index is 0.378.